The summed E-state index contributed by atoms with van der Waals surface area (Å²) in [6, 6.07) is 0. The Bertz CT molecular complexity index is 132. The number of rotatable bonds is 8. The van der Waals surface area contributed by atoms with Crippen molar-refractivity contribution in [3.63, 3.8) is 0 Å². The second kappa shape index (κ2) is 9.26. The van der Waals surface area contributed by atoms with E-state index in [1.165, 1.54) is 0 Å². The molecule has 0 aliphatic carbocycles. The first-order valence-electron chi connectivity index (χ1n) is 4.31. The van der Waals surface area contributed by atoms with E-state index >= 15 is 0 Å². The van der Waals surface area contributed by atoms with E-state index in [9.17, 15) is 0 Å². The molecule has 0 fully saturated rings. The van der Waals surface area contributed by atoms with Gasteiger partial charge in [-0.15, -0.1) is 0 Å². The van der Waals surface area contributed by atoms with Crippen molar-refractivity contribution in [3.05, 3.63) is 25.3 Å². The predicted octanol–water partition coefficient (Wildman–Crippen LogP) is 3.22. The molecule has 2 unspecified atom stereocenters. The van der Waals surface area contributed by atoms with Crippen LogP contribution in [0.4, 0.5) is 0 Å². The predicted molar refractivity (Wildman–Crippen MR) is 70.0 cm³/mol. The fraction of sp³-hybridized carbons (Fsp3) is 0.600. The van der Waals surface area contributed by atoms with Crippen molar-refractivity contribution < 1.29 is 0 Å². The van der Waals surface area contributed by atoms with E-state index < -0.39 is 0 Å². The zero-order chi connectivity index (χ0) is 10.1. The fourth-order valence-electron chi connectivity index (χ4n) is 0.756. The zero-order valence-electron chi connectivity index (χ0n) is 8.36. The van der Waals surface area contributed by atoms with Crippen LogP contribution in [0.25, 0.3) is 0 Å². The van der Waals surface area contributed by atoms with E-state index in [0.717, 1.165) is 34.8 Å². The molecule has 0 aliphatic heterocycles. The first-order chi connectivity index (χ1) is 6.20. The second-order valence-corrected chi connectivity index (χ2v) is 10.1. The Morgan fingerprint density at radius 3 is 1.77 bits per heavy atom. The monoisotopic (exact) mass is 282 g/mol. The van der Waals surface area contributed by atoms with Crippen LogP contribution in [0.1, 0.15) is 13.8 Å². The topological polar surface area (TPSA) is 0 Å². The van der Waals surface area contributed by atoms with E-state index in [1.54, 1.807) is 0 Å². The van der Waals surface area contributed by atoms with Gasteiger partial charge >= 0.3 is 97.4 Å². The third-order valence-corrected chi connectivity index (χ3v) is 7.55. The van der Waals surface area contributed by atoms with Crippen LogP contribution in [0.15, 0.2) is 25.3 Å². The SMILES string of the molecule is C=CCSC(C)[Se]C(C)SCC=C. The molecule has 0 amide bonds. The van der Waals surface area contributed by atoms with Gasteiger partial charge in [0.05, 0.1) is 0 Å². The molecule has 0 spiro atoms. The van der Waals surface area contributed by atoms with E-state index in [1.807, 2.05) is 35.7 Å². The van der Waals surface area contributed by atoms with Gasteiger partial charge in [0.1, 0.15) is 0 Å². The molecule has 0 aromatic heterocycles. The summed E-state index contributed by atoms with van der Waals surface area (Å²) in [5.41, 5.74) is 0. The van der Waals surface area contributed by atoms with Crippen molar-refractivity contribution in [2.75, 3.05) is 11.5 Å². The number of hydrogen-bond donors (Lipinski definition) is 0. The molecule has 0 aliphatic rings. The van der Waals surface area contributed by atoms with Crippen LogP contribution in [-0.2, 0) is 0 Å². The van der Waals surface area contributed by atoms with Crippen LogP contribution in [0.5, 0.6) is 0 Å². The molecule has 3 heteroatoms. The molecule has 0 saturated carbocycles. The standard InChI is InChI=1S/C10H18S2Se/c1-5-7-11-9(3)13-10(4)12-8-6-2/h5-6,9-10H,1-2,7-8H2,3-4H3. The molecule has 0 nitrogen and oxygen atoms in total. The van der Waals surface area contributed by atoms with Gasteiger partial charge in [0.2, 0.25) is 0 Å². The molecule has 0 heterocycles. The van der Waals surface area contributed by atoms with Crippen molar-refractivity contribution in [2.24, 2.45) is 0 Å². The van der Waals surface area contributed by atoms with Crippen LogP contribution in [-0.4, -0.2) is 34.8 Å². The first-order valence-corrected chi connectivity index (χ1v) is 8.38. The molecule has 0 radical (unpaired) electrons. The Morgan fingerprint density at radius 1 is 1.08 bits per heavy atom. The van der Waals surface area contributed by atoms with Gasteiger partial charge < -0.3 is 0 Å². The molecule has 0 aromatic carbocycles. The second-order valence-electron chi connectivity index (χ2n) is 2.52. The van der Waals surface area contributed by atoms with Crippen LogP contribution >= 0.6 is 23.5 Å². The summed E-state index contributed by atoms with van der Waals surface area (Å²) in [6.45, 7) is 12.1. The van der Waals surface area contributed by atoms with Crippen molar-refractivity contribution in [1.82, 2.24) is 0 Å². The van der Waals surface area contributed by atoms with E-state index in [-0.39, 0.29) is 0 Å². The number of hydrogen-bond acceptors (Lipinski definition) is 2. The molecule has 0 rings (SSSR count). The van der Waals surface area contributed by atoms with Crippen molar-refractivity contribution in [1.29, 1.82) is 0 Å². The Hall–Kier alpha value is 0.699. The summed E-state index contributed by atoms with van der Waals surface area (Å²) in [5, 5.41) is 0. The zero-order valence-corrected chi connectivity index (χ0v) is 11.7. The molecular weight excluding hydrogens is 263 g/mol. The quantitative estimate of drug-likeness (QED) is 0.495. The van der Waals surface area contributed by atoms with Gasteiger partial charge in [0.25, 0.3) is 0 Å². The van der Waals surface area contributed by atoms with Gasteiger partial charge in [0.15, 0.2) is 0 Å². The summed E-state index contributed by atoms with van der Waals surface area (Å²) in [5.74, 6) is 2.17. The van der Waals surface area contributed by atoms with Crippen molar-refractivity contribution >= 4 is 38.5 Å². The minimum absolute atomic E-state index is 0.724. The van der Waals surface area contributed by atoms with Gasteiger partial charge in [-0.3, -0.25) is 0 Å². The van der Waals surface area contributed by atoms with Crippen LogP contribution < -0.4 is 0 Å². The van der Waals surface area contributed by atoms with Gasteiger partial charge in [-0.1, -0.05) is 0 Å². The molecule has 0 saturated heterocycles. The average molecular weight is 281 g/mol. The van der Waals surface area contributed by atoms with Gasteiger partial charge in [-0.05, 0) is 0 Å². The summed E-state index contributed by atoms with van der Waals surface area (Å²) < 4.78 is 1.61. The first kappa shape index (κ1) is 13.7. The summed E-state index contributed by atoms with van der Waals surface area (Å²) >= 11 is 4.74. The molecule has 0 bridgehead atoms. The number of thioether (sulfide) groups is 2. The molecule has 13 heavy (non-hydrogen) atoms. The third-order valence-electron chi connectivity index (χ3n) is 1.28. The Labute approximate surface area is 97.2 Å². The van der Waals surface area contributed by atoms with Crippen molar-refractivity contribution in [3.8, 4) is 0 Å². The van der Waals surface area contributed by atoms with Crippen molar-refractivity contribution in [2.45, 2.75) is 22.1 Å². The summed E-state index contributed by atoms with van der Waals surface area (Å²) in [6.07, 6.45) is 3.97. The fourth-order valence-corrected chi connectivity index (χ4v) is 6.93. The van der Waals surface area contributed by atoms with Gasteiger partial charge in [0, 0.05) is 0 Å². The van der Waals surface area contributed by atoms with E-state index in [0.29, 0.717) is 0 Å². The Kier molecular flexibility index (Phi) is 9.76. The Morgan fingerprint density at radius 2 is 1.46 bits per heavy atom. The van der Waals surface area contributed by atoms with Crippen LogP contribution in [0, 0.1) is 0 Å². The maximum atomic E-state index is 3.73. The maximum absolute atomic E-state index is 3.73. The normalized spacial score (nSPS) is 14.9. The molecule has 2 atom stereocenters. The van der Waals surface area contributed by atoms with Gasteiger partial charge in [-0.2, -0.15) is 0 Å². The molecular formula is C10H18S2Se. The van der Waals surface area contributed by atoms with Crippen LogP contribution in [0.2, 0.25) is 0 Å². The average Bonchev–Trinajstić information content (AvgIpc) is 2.11. The summed E-state index contributed by atoms with van der Waals surface area (Å²) in [4.78, 5) is 0. The summed E-state index contributed by atoms with van der Waals surface area (Å²) in [7, 11) is 0. The Balaban J connectivity index is 3.45. The third kappa shape index (κ3) is 9.01. The minimum atomic E-state index is 0.724. The molecule has 0 N–H and O–H groups in total. The molecule has 0 aromatic rings. The van der Waals surface area contributed by atoms with E-state index in [4.69, 9.17) is 0 Å². The van der Waals surface area contributed by atoms with Crippen LogP contribution in [0.3, 0.4) is 0 Å². The van der Waals surface area contributed by atoms with E-state index in [2.05, 4.69) is 27.0 Å². The molecule has 76 valence electrons. The van der Waals surface area contributed by atoms with Gasteiger partial charge in [-0.25, -0.2) is 0 Å².